The summed E-state index contributed by atoms with van der Waals surface area (Å²) in [6.45, 7) is 2.76. The number of benzene rings is 2. The molecule has 1 fully saturated rings. The molecule has 140 valence electrons. The first-order valence-electron chi connectivity index (χ1n) is 8.75. The fourth-order valence-corrected chi connectivity index (χ4v) is 3.43. The Morgan fingerprint density at radius 1 is 1.11 bits per heavy atom. The minimum atomic E-state index is -0.582. The lowest BCUT2D eigenvalue weighted by atomic mass is 10.1. The van der Waals surface area contributed by atoms with Crippen molar-refractivity contribution in [3.05, 3.63) is 48.0 Å². The molecule has 1 atom stereocenters. The lowest BCUT2D eigenvalue weighted by Gasteiger charge is -2.39. The molecular weight excluding hydrogens is 348 g/mol. The standard InChI is InChI=1S/C20H20N2O5/c1-13-19(23)22(14-7-8-17-18(11-14)27-12-26-17)10-9-21(13)20(24)15-5-3-4-6-16(15)25-2/h3-8,11,13H,9-10,12H2,1-2H3/t13-/m1/s1. The van der Waals surface area contributed by atoms with E-state index >= 15 is 0 Å². The molecule has 0 N–H and O–H groups in total. The van der Waals surface area contributed by atoms with Gasteiger partial charge in [0.05, 0.1) is 12.7 Å². The Morgan fingerprint density at radius 3 is 2.70 bits per heavy atom. The molecule has 2 aliphatic rings. The first-order chi connectivity index (χ1) is 13.1. The molecule has 1 saturated heterocycles. The van der Waals surface area contributed by atoms with Crippen LogP contribution in [0, 0.1) is 0 Å². The van der Waals surface area contributed by atoms with Gasteiger partial charge in [-0.3, -0.25) is 9.59 Å². The van der Waals surface area contributed by atoms with Crippen LogP contribution in [0.4, 0.5) is 5.69 Å². The van der Waals surface area contributed by atoms with Crippen molar-refractivity contribution in [1.29, 1.82) is 0 Å². The van der Waals surface area contributed by atoms with Crippen molar-refractivity contribution in [3.8, 4) is 17.2 Å². The molecule has 0 spiro atoms. The zero-order chi connectivity index (χ0) is 19.0. The Hall–Kier alpha value is -3.22. The first-order valence-corrected chi connectivity index (χ1v) is 8.75. The Bertz CT molecular complexity index is 898. The Labute approximate surface area is 157 Å². The number of piperazine rings is 1. The van der Waals surface area contributed by atoms with E-state index in [9.17, 15) is 9.59 Å². The number of fused-ring (bicyclic) bond motifs is 1. The summed E-state index contributed by atoms with van der Waals surface area (Å²) in [4.78, 5) is 29.2. The molecule has 0 bridgehead atoms. The summed E-state index contributed by atoms with van der Waals surface area (Å²) >= 11 is 0. The maximum Gasteiger partial charge on any atom is 0.258 e. The van der Waals surface area contributed by atoms with Crippen molar-refractivity contribution in [2.75, 3.05) is 31.9 Å². The summed E-state index contributed by atoms with van der Waals surface area (Å²) in [6.07, 6.45) is 0. The molecule has 2 amide bonds. The third-order valence-corrected chi connectivity index (χ3v) is 4.92. The third-order valence-electron chi connectivity index (χ3n) is 4.92. The Kier molecular flexibility index (Phi) is 4.35. The number of para-hydroxylation sites is 1. The summed E-state index contributed by atoms with van der Waals surface area (Å²) in [6, 6.07) is 11.9. The molecule has 4 rings (SSSR count). The van der Waals surface area contributed by atoms with Gasteiger partial charge >= 0.3 is 0 Å². The van der Waals surface area contributed by atoms with Crippen LogP contribution in [0.2, 0.25) is 0 Å². The minimum absolute atomic E-state index is 0.136. The van der Waals surface area contributed by atoms with E-state index in [2.05, 4.69) is 0 Å². The van der Waals surface area contributed by atoms with Crippen LogP contribution in [0.5, 0.6) is 17.2 Å². The summed E-state index contributed by atoms with van der Waals surface area (Å²) in [5, 5.41) is 0. The molecule has 7 heteroatoms. The molecule has 27 heavy (non-hydrogen) atoms. The molecule has 0 radical (unpaired) electrons. The summed E-state index contributed by atoms with van der Waals surface area (Å²) in [5.74, 6) is 1.45. The fourth-order valence-electron chi connectivity index (χ4n) is 3.43. The van der Waals surface area contributed by atoms with Gasteiger partial charge in [0.2, 0.25) is 12.7 Å². The van der Waals surface area contributed by atoms with E-state index in [-0.39, 0.29) is 18.6 Å². The molecule has 2 aromatic carbocycles. The number of methoxy groups -OCH3 is 1. The van der Waals surface area contributed by atoms with Crippen LogP contribution in [-0.4, -0.2) is 49.7 Å². The molecule has 2 aliphatic heterocycles. The van der Waals surface area contributed by atoms with Gasteiger partial charge < -0.3 is 24.0 Å². The van der Waals surface area contributed by atoms with Crippen molar-refractivity contribution in [1.82, 2.24) is 4.90 Å². The van der Waals surface area contributed by atoms with Gasteiger partial charge in [-0.15, -0.1) is 0 Å². The number of ether oxygens (including phenoxy) is 3. The van der Waals surface area contributed by atoms with Crippen molar-refractivity contribution < 1.29 is 23.8 Å². The molecule has 0 aliphatic carbocycles. The molecular formula is C20H20N2O5. The highest BCUT2D eigenvalue weighted by Gasteiger charge is 2.36. The highest BCUT2D eigenvalue weighted by Crippen LogP contribution is 2.36. The lowest BCUT2D eigenvalue weighted by molar-refractivity contribution is -0.124. The van der Waals surface area contributed by atoms with Gasteiger partial charge in [-0.05, 0) is 31.2 Å². The molecule has 2 aromatic rings. The van der Waals surface area contributed by atoms with Gasteiger partial charge in [0.1, 0.15) is 11.8 Å². The van der Waals surface area contributed by atoms with E-state index < -0.39 is 6.04 Å². The Balaban J connectivity index is 1.55. The van der Waals surface area contributed by atoms with Crippen LogP contribution in [0.15, 0.2) is 42.5 Å². The molecule has 0 saturated carbocycles. The summed E-state index contributed by atoms with van der Waals surface area (Å²) in [5.41, 5.74) is 1.19. The summed E-state index contributed by atoms with van der Waals surface area (Å²) < 4.78 is 16.0. The van der Waals surface area contributed by atoms with Gasteiger partial charge in [0.15, 0.2) is 11.5 Å². The number of rotatable bonds is 3. The van der Waals surface area contributed by atoms with Crippen LogP contribution >= 0.6 is 0 Å². The SMILES string of the molecule is COc1ccccc1C(=O)N1CCN(c2ccc3c(c2)OCO3)C(=O)[C@H]1C. The van der Waals surface area contributed by atoms with E-state index in [4.69, 9.17) is 14.2 Å². The number of nitrogens with zero attached hydrogens (tertiary/aromatic N) is 2. The largest absolute Gasteiger partial charge is 0.496 e. The molecule has 2 heterocycles. The van der Waals surface area contributed by atoms with Crippen molar-refractivity contribution >= 4 is 17.5 Å². The van der Waals surface area contributed by atoms with Crippen LogP contribution in [0.1, 0.15) is 17.3 Å². The third kappa shape index (κ3) is 2.95. The second-order valence-corrected chi connectivity index (χ2v) is 6.40. The molecule has 7 nitrogen and oxygen atoms in total. The smallest absolute Gasteiger partial charge is 0.258 e. The van der Waals surface area contributed by atoms with Gasteiger partial charge in [-0.2, -0.15) is 0 Å². The van der Waals surface area contributed by atoms with Crippen molar-refractivity contribution in [2.45, 2.75) is 13.0 Å². The topological polar surface area (TPSA) is 68.3 Å². The number of hydrogen-bond donors (Lipinski definition) is 0. The quantitative estimate of drug-likeness (QED) is 0.832. The molecule has 0 unspecified atom stereocenters. The normalized spacial score (nSPS) is 18.6. The van der Waals surface area contributed by atoms with E-state index in [0.29, 0.717) is 35.9 Å². The maximum atomic E-state index is 13.0. The monoisotopic (exact) mass is 368 g/mol. The lowest BCUT2D eigenvalue weighted by Crippen LogP contribution is -2.57. The van der Waals surface area contributed by atoms with E-state index in [1.165, 1.54) is 7.11 Å². The average Bonchev–Trinajstić information content (AvgIpc) is 3.17. The number of hydrogen-bond acceptors (Lipinski definition) is 5. The number of anilines is 1. The minimum Gasteiger partial charge on any atom is -0.496 e. The van der Waals surface area contributed by atoms with Gasteiger partial charge in [-0.1, -0.05) is 12.1 Å². The maximum absolute atomic E-state index is 13.0. The zero-order valence-electron chi connectivity index (χ0n) is 15.2. The predicted octanol–water partition coefficient (Wildman–Crippen LogP) is 2.30. The van der Waals surface area contributed by atoms with Gasteiger partial charge in [-0.25, -0.2) is 0 Å². The first kappa shape index (κ1) is 17.2. The van der Waals surface area contributed by atoms with E-state index in [1.807, 2.05) is 12.1 Å². The van der Waals surface area contributed by atoms with E-state index in [0.717, 1.165) is 5.69 Å². The van der Waals surface area contributed by atoms with Crippen molar-refractivity contribution in [3.63, 3.8) is 0 Å². The van der Waals surface area contributed by atoms with Crippen molar-refractivity contribution in [2.24, 2.45) is 0 Å². The molecule has 0 aromatic heterocycles. The van der Waals surface area contributed by atoms with Crippen LogP contribution in [-0.2, 0) is 4.79 Å². The van der Waals surface area contributed by atoms with E-state index in [1.54, 1.807) is 47.1 Å². The number of carbonyl (C=O) groups excluding carboxylic acids is 2. The Morgan fingerprint density at radius 2 is 1.89 bits per heavy atom. The predicted molar refractivity (Wildman–Crippen MR) is 98.4 cm³/mol. The highest BCUT2D eigenvalue weighted by molar-refractivity contribution is 6.04. The van der Waals surface area contributed by atoms with Gasteiger partial charge in [0, 0.05) is 24.8 Å². The number of carbonyl (C=O) groups is 2. The van der Waals surface area contributed by atoms with Crippen LogP contribution in [0.3, 0.4) is 0 Å². The fraction of sp³-hybridized carbons (Fsp3) is 0.300. The average molecular weight is 368 g/mol. The zero-order valence-corrected chi connectivity index (χ0v) is 15.2. The highest BCUT2D eigenvalue weighted by atomic mass is 16.7. The second-order valence-electron chi connectivity index (χ2n) is 6.40. The second kappa shape index (κ2) is 6.83. The summed E-state index contributed by atoms with van der Waals surface area (Å²) in [7, 11) is 1.53. The van der Waals surface area contributed by atoms with Crippen LogP contribution in [0.25, 0.3) is 0 Å². The van der Waals surface area contributed by atoms with Gasteiger partial charge in [0.25, 0.3) is 5.91 Å². The number of amides is 2. The van der Waals surface area contributed by atoms with Crippen LogP contribution < -0.4 is 19.1 Å².